The Morgan fingerprint density at radius 3 is 3.11 bits per heavy atom. The number of carbonyl (C=O) groups excluding carboxylic acids is 1. The molecule has 0 bridgehead atoms. The van der Waals surface area contributed by atoms with Gasteiger partial charge in [-0.25, -0.2) is 14.6 Å². The lowest BCUT2D eigenvalue weighted by Gasteiger charge is -2.03. The van der Waals surface area contributed by atoms with E-state index in [4.69, 9.17) is 4.74 Å². The number of esters is 1. The van der Waals surface area contributed by atoms with Gasteiger partial charge in [0.2, 0.25) is 0 Å². The molecule has 2 rings (SSSR count). The first kappa shape index (κ1) is 14.3. The van der Waals surface area contributed by atoms with Crippen molar-refractivity contribution in [2.75, 3.05) is 12.4 Å². The summed E-state index contributed by atoms with van der Waals surface area (Å²) in [5.74, 6) is 0.605. The van der Waals surface area contributed by atoms with Crippen LogP contribution in [0.5, 0.6) is 0 Å². The van der Waals surface area contributed by atoms with Crippen LogP contribution in [0.3, 0.4) is 0 Å². The fraction of sp³-hybridized carbons (Fsp3) is 0.273. The highest BCUT2D eigenvalue weighted by Gasteiger charge is 2.07. The predicted octanol–water partition coefficient (Wildman–Crippen LogP) is 1.92. The van der Waals surface area contributed by atoms with Gasteiger partial charge in [-0.05, 0) is 29.5 Å². The predicted molar refractivity (Wildman–Crippen MR) is 79.2 cm³/mol. The standard InChI is InChI=1S/C11H11IN4O2S/c1-2-18-10(17)7-19-11-13-4-3-9(15-11)16-6-8(12)5-14-16/h3-6H,2,7H2,1H3. The van der Waals surface area contributed by atoms with Gasteiger partial charge >= 0.3 is 5.97 Å². The lowest BCUT2D eigenvalue weighted by Crippen LogP contribution is -2.07. The molecule has 0 aliphatic heterocycles. The number of rotatable bonds is 5. The highest BCUT2D eigenvalue weighted by atomic mass is 127. The van der Waals surface area contributed by atoms with Crippen molar-refractivity contribution in [2.45, 2.75) is 12.1 Å². The number of halogens is 1. The summed E-state index contributed by atoms with van der Waals surface area (Å²) in [6.45, 7) is 2.16. The number of aromatic nitrogens is 4. The fourth-order valence-electron chi connectivity index (χ4n) is 1.28. The molecule has 6 nitrogen and oxygen atoms in total. The highest BCUT2D eigenvalue weighted by Crippen LogP contribution is 2.14. The molecule has 0 aliphatic carbocycles. The van der Waals surface area contributed by atoms with E-state index in [1.165, 1.54) is 11.8 Å². The smallest absolute Gasteiger partial charge is 0.316 e. The Hall–Kier alpha value is -1.16. The Kier molecular flexibility index (Phi) is 5.14. The van der Waals surface area contributed by atoms with Gasteiger partial charge in [0, 0.05) is 18.5 Å². The Balaban J connectivity index is 2.05. The summed E-state index contributed by atoms with van der Waals surface area (Å²) < 4.78 is 7.54. The maximum absolute atomic E-state index is 11.3. The molecule has 100 valence electrons. The average Bonchev–Trinajstić information content (AvgIpc) is 2.84. The van der Waals surface area contributed by atoms with Gasteiger partial charge in [-0.3, -0.25) is 4.79 Å². The first-order valence-electron chi connectivity index (χ1n) is 5.51. The van der Waals surface area contributed by atoms with E-state index in [1.54, 1.807) is 30.1 Å². The molecule has 0 atom stereocenters. The van der Waals surface area contributed by atoms with Crippen LogP contribution in [0, 0.1) is 3.57 Å². The van der Waals surface area contributed by atoms with Gasteiger partial charge in [-0.1, -0.05) is 11.8 Å². The van der Waals surface area contributed by atoms with Crippen molar-refractivity contribution >= 4 is 40.3 Å². The van der Waals surface area contributed by atoms with Crippen LogP contribution in [0.2, 0.25) is 0 Å². The molecule has 0 aromatic carbocycles. The molecule has 0 saturated heterocycles. The van der Waals surface area contributed by atoms with E-state index < -0.39 is 0 Å². The van der Waals surface area contributed by atoms with E-state index in [0.29, 0.717) is 17.6 Å². The molecule has 0 unspecified atom stereocenters. The molecule has 0 spiro atoms. The van der Waals surface area contributed by atoms with E-state index in [2.05, 4.69) is 37.7 Å². The minimum Gasteiger partial charge on any atom is -0.465 e. The third kappa shape index (κ3) is 4.16. The molecule has 0 fully saturated rings. The summed E-state index contributed by atoms with van der Waals surface area (Å²) >= 11 is 3.42. The summed E-state index contributed by atoms with van der Waals surface area (Å²) in [5.41, 5.74) is 0. The summed E-state index contributed by atoms with van der Waals surface area (Å²) in [6, 6.07) is 1.76. The van der Waals surface area contributed by atoms with Gasteiger partial charge < -0.3 is 4.74 Å². The molecule has 0 N–H and O–H groups in total. The SMILES string of the molecule is CCOC(=O)CSc1nccc(-n2cc(I)cn2)n1. The fourth-order valence-corrected chi connectivity index (χ4v) is 2.29. The van der Waals surface area contributed by atoms with Crippen LogP contribution in [0.4, 0.5) is 0 Å². The molecule has 8 heteroatoms. The van der Waals surface area contributed by atoms with Crippen LogP contribution in [0.15, 0.2) is 29.8 Å². The number of nitrogens with zero attached hydrogens (tertiary/aromatic N) is 4. The van der Waals surface area contributed by atoms with Crippen molar-refractivity contribution in [3.05, 3.63) is 28.2 Å². The Morgan fingerprint density at radius 1 is 1.58 bits per heavy atom. The maximum Gasteiger partial charge on any atom is 0.316 e. The Morgan fingerprint density at radius 2 is 2.42 bits per heavy atom. The Bertz CT molecular complexity index is 575. The molecule has 0 radical (unpaired) electrons. The zero-order chi connectivity index (χ0) is 13.7. The van der Waals surface area contributed by atoms with Crippen LogP contribution in [0.1, 0.15) is 6.92 Å². The number of thioether (sulfide) groups is 1. The number of ether oxygens (including phenoxy) is 1. The van der Waals surface area contributed by atoms with Crippen LogP contribution in [0.25, 0.3) is 5.82 Å². The maximum atomic E-state index is 11.3. The van der Waals surface area contributed by atoms with Gasteiger partial charge in [0.05, 0.1) is 22.1 Å². The monoisotopic (exact) mass is 390 g/mol. The van der Waals surface area contributed by atoms with Gasteiger partial charge in [0.15, 0.2) is 11.0 Å². The minimum absolute atomic E-state index is 0.202. The van der Waals surface area contributed by atoms with Gasteiger partial charge in [-0.15, -0.1) is 0 Å². The highest BCUT2D eigenvalue weighted by molar-refractivity contribution is 14.1. The summed E-state index contributed by atoms with van der Waals surface area (Å²) in [4.78, 5) is 19.7. The second-order valence-corrected chi connectivity index (χ2v) is 5.58. The zero-order valence-corrected chi connectivity index (χ0v) is 13.1. The van der Waals surface area contributed by atoms with Gasteiger partial charge in [0.1, 0.15) is 0 Å². The van der Waals surface area contributed by atoms with Crippen molar-refractivity contribution < 1.29 is 9.53 Å². The van der Waals surface area contributed by atoms with E-state index in [9.17, 15) is 4.79 Å². The van der Waals surface area contributed by atoms with Crippen LogP contribution < -0.4 is 0 Å². The number of carbonyl (C=O) groups is 1. The molecule has 2 aromatic rings. The molecule has 0 aliphatic rings. The molecule has 2 aromatic heterocycles. The Labute approximate surface area is 128 Å². The first-order valence-corrected chi connectivity index (χ1v) is 7.57. The second-order valence-electron chi connectivity index (χ2n) is 3.39. The second kappa shape index (κ2) is 6.85. The van der Waals surface area contributed by atoms with E-state index in [-0.39, 0.29) is 11.7 Å². The third-order valence-electron chi connectivity index (χ3n) is 2.03. The lowest BCUT2D eigenvalue weighted by molar-refractivity contribution is -0.139. The van der Waals surface area contributed by atoms with Crippen LogP contribution in [-0.4, -0.2) is 38.1 Å². The summed E-state index contributed by atoms with van der Waals surface area (Å²) in [7, 11) is 0. The molecule has 19 heavy (non-hydrogen) atoms. The van der Waals surface area contributed by atoms with Crippen molar-refractivity contribution in [1.29, 1.82) is 0 Å². The molecule has 0 saturated carbocycles. The number of hydrogen-bond donors (Lipinski definition) is 0. The molecule has 0 amide bonds. The van der Waals surface area contributed by atoms with Crippen LogP contribution in [-0.2, 0) is 9.53 Å². The summed E-state index contributed by atoms with van der Waals surface area (Å²) in [6.07, 6.45) is 5.25. The average molecular weight is 390 g/mol. The first-order chi connectivity index (χ1) is 9.19. The lowest BCUT2D eigenvalue weighted by atomic mass is 10.6. The molecule has 2 heterocycles. The topological polar surface area (TPSA) is 69.9 Å². The minimum atomic E-state index is -0.268. The largest absolute Gasteiger partial charge is 0.465 e. The quantitative estimate of drug-likeness (QED) is 0.336. The third-order valence-corrected chi connectivity index (χ3v) is 3.42. The zero-order valence-electron chi connectivity index (χ0n) is 10.1. The molecular weight excluding hydrogens is 379 g/mol. The van der Waals surface area contributed by atoms with E-state index in [0.717, 1.165) is 3.57 Å². The van der Waals surface area contributed by atoms with Crippen molar-refractivity contribution in [2.24, 2.45) is 0 Å². The van der Waals surface area contributed by atoms with E-state index in [1.807, 2.05) is 6.20 Å². The van der Waals surface area contributed by atoms with Gasteiger partial charge in [0.25, 0.3) is 0 Å². The van der Waals surface area contributed by atoms with E-state index >= 15 is 0 Å². The number of hydrogen-bond acceptors (Lipinski definition) is 6. The van der Waals surface area contributed by atoms with Gasteiger partial charge in [-0.2, -0.15) is 5.10 Å². The van der Waals surface area contributed by atoms with Crippen molar-refractivity contribution in [3.63, 3.8) is 0 Å². The summed E-state index contributed by atoms with van der Waals surface area (Å²) in [5, 5.41) is 4.69. The van der Waals surface area contributed by atoms with Crippen molar-refractivity contribution in [1.82, 2.24) is 19.7 Å². The normalized spacial score (nSPS) is 10.4. The van der Waals surface area contributed by atoms with Crippen LogP contribution >= 0.6 is 34.4 Å². The molecular formula is C11H11IN4O2S. The van der Waals surface area contributed by atoms with Crippen molar-refractivity contribution in [3.8, 4) is 5.82 Å².